The van der Waals surface area contributed by atoms with Gasteiger partial charge in [0.1, 0.15) is 23.2 Å². The first-order chi connectivity index (χ1) is 21.3. The van der Waals surface area contributed by atoms with Gasteiger partial charge in [0, 0.05) is 41.4 Å². The minimum Gasteiger partial charge on any atom is -0.463 e. The fraction of sp³-hybridized carbons (Fsp3) is 0.118. The molecule has 0 aliphatic rings. The van der Waals surface area contributed by atoms with Crippen LogP contribution in [0.15, 0.2) is 85.2 Å². The molecule has 0 fully saturated rings. The maximum atomic E-state index is 15.7. The first-order valence-electron chi connectivity index (χ1n) is 13.8. The molecule has 222 valence electrons. The normalized spacial score (nSPS) is 12.3. The molecule has 3 aromatic carbocycles. The van der Waals surface area contributed by atoms with E-state index in [9.17, 15) is 9.18 Å². The van der Waals surface area contributed by atoms with Crippen molar-refractivity contribution >= 4 is 28.5 Å². The van der Waals surface area contributed by atoms with Crippen molar-refractivity contribution < 1.29 is 31.8 Å². The summed E-state index contributed by atoms with van der Waals surface area (Å²) in [5.41, 5.74) is 1.86. The Balaban J connectivity index is 1.40. The van der Waals surface area contributed by atoms with Crippen LogP contribution in [0.4, 0.5) is 17.6 Å². The summed E-state index contributed by atoms with van der Waals surface area (Å²) in [5.74, 6) is -4.62. The Morgan fingerprint density at radius 1 is 1.00 bits per heavy atom. The first-order valence-corrected chi connectivity index (χ1v) is 13.8. The number of aromatic nitrogens is 3. The standard InChI is InChI=1S/C34H25F4N3O3/c1-3-43-29(42)13-10-20-7-6-8-22(30(20)37)19(2)32-28-9-4-5-16-41(28)34(40-32)24-17-21(11-12-25(24)35)44-33-26(36)18-27-23(31(33)38)14-15-39-27/h4-19,39H,3H2,1-2H3/b13-10+. The van der Waals surface area contributed by atoms with E-state index in [2.05, 4.69) is 4.98 Å². The molecule has 0 bridgehead atoms. The van der Waals surface area contributed by atoms with Gasteiger partial charge in [-0.1, -0.05) is 31.2 Å². The summed E-state index contributed by atoms with van der Waals surface area (Å²) >= 11 is 0. The van der Waals surface area contributed by atoms with Crippen LogP contribution in [-0.4, -0.2) is 26.9 Å². The molecule has 3 heterocycles. The number of imidazole rings is 1. The second-order valence-electron chi connectivity index (χ2n) is 10.0. The fourth-order valence-corrected chi connectivity index (χ4v) is 5.16. The number of hydrogen-bond acceptors (Lipinski definition) is 4. The van der Waals surface area contributed by atoms with Gasteiger partial charge < -0.3 is 14.5 Å². The van der Waals surface area contributed by atoms with Gasteiger partial charge in [0.15, 0.2) is 17.4 Å². The van der Waals surface area contributed by atoms with Gasteiger partial charge in [0.2, 0.25) is 0 Å². The summed E-state index contributed by atoms with van der Waals surface area (Å²) in [6, 6.07) is 16.4. The highest BCUT2D eigenvalue weighted by atomic mass is 19.1. The number of fused-ring (bicyclic) bond motifs is 2. The number of carbonyl (C=O) groups is 1. The zero-order valence-electron chi connectivity index (χ0n) is 23.6. The maximum Gasteiger partial charge on any atom is 0.330 e. The van der Waals surface area contributed by atoms with E-state index in [4.69, 9.17) is 14.5 Å². The van der Waals surface area contributed by atoms with Gasteiger partial charge in [-0.2, -0.15) is 0 Å². The zero-order valence-corrected chi connectivity index (χ0v) is 23.6. The van der Waals surface area contributed by atoms with Crippen molar-refractivity contribution in [2.24, 2.45) is 0 Å². The van der Waals surface area contributed by atoms with Crippen molar-refractivity contribution in [3.05, 3.63) is 125 Å². The number of nitrogens with zero attached hydrogens (tertiary/aromatic N) is 2. The topological polar surface area (TPSA) is 68.6 Å². The molecule has 0 aliphatic carbocycles. The quantitative estimate of drug-likeness (QED) is 0.108. The van der Waals surface area contributed by atoms with E-state index in [0.717, 1.165) is 18.2 Å². The first kappa shape index (κ1) is 28.7. The average molecular weight is 600 g/mol. The summed E-state index contributed by atoms with van der Waals surface area (Å²) in [7, 11) is 0. The van der Waals surface area contributed by atoms with Crippen LogP contribution < -0.4 is 4.74 Å². The minimum absolute atomic E-state index is 0.0107. The number of nitrogens with one attached hydrogen (secondary N) is 1. The van der Waals surface area contributed by atoms with Gasteiger partial charge in [0.25, 0.3) is 0 Å². The number of aromatic amines is 1. The van der Waals surface area contributed by atoms with Gasteiger partial charge in [-0.25, -0.2) is 27.3 Å². The lowest BCUT2D eigenvalue weighted by Crippen LogP contribution is -2.03. The van der Waals surface area contributed by atoms with Crippen molar-refractivity contribution in [3.63, 3.8) is 0 Å². The summed E-state index contributed by atoms with van der Waals surface area (Å²) in [4.78, 5) is 19.2. The van der Waals surface area contributed by atoms with Gasteiger partial charge in [-0.15, -0.1) is 0 Å². The number of pyridine rings is 1. The van der Waals surface area contributed by atoms with E-state index in [1.807, 2.05) is 0 Å². The minimum atomic E-state index is -0.924. The maximum absolute atomic E-state index is 15.7. The predicted molar refractivity (Wildman–Crippen MR) is 158 cm³/mol. The van der Waals surface area contributed by atoms with E-state index in [1.165, 1.54) is 30.5 Å². The van der Waals surface area contributed by atoms with Gasteiger partial charge in [-0.3, -0.25) is 4.40 Å². The van der Waals surface area contributed by atoms with Crippen LogP contribution in [0.5, 0.6) is 11.5 Å². The summed E-state index contributed by atoms with van der Waals surface area (Å²) in [6.07, 6.45) is 5.68. The molecule has 0 amide bonds. The fourth-order valence-electron chi connectivity index (χ4n) is 5.16. The molecule has 6 rings (SSSR count). The van der Waals surface area contributed by atoms with Crippen molar-refractivity contribution in [1.82, 2.24) is 14.4 Å². The zero-order chi connectivity index (χ0) is 31.0. The Kier molecular flexibility index (Phi) is 7.65. The van der Waals surface area contributed by atoms with E-state index in [1.54, 1.807) is 60.8 Å². The Morgan fingerprint density at radius 2 is 1.84 bits per heavy atom. The number of H-pyrrole nitrogens is 1. The second kappa shape index (κ2) is 11.7. The lowest BCUT2D eigenvalue weighted by atomic mass is 9.94. The molecule has 0 saturated heterocycles. The number of benzene rings is 3. The number of hydrogen-bond donors (Lipinski definition) is 1. The highest BCUT2D eigenvalue weighted by Gasteiger charge is 2.24. The smallest absolute Gasteiger partial charge is 0.330 e. The number of ether oxygens (including phenoxy) is 2. The van der Waals surface area contributed by atoms with Gasteiger partial charge in [-0.05, 0) is 55.0 Å². The molecule has 3 aromatic heterocycles. The largest absolute Gasteiger partial charge is 0.463 e. The van der Waals surface area contributed by atoms with Crippen LogP contribution in [0.25, 0.3) is 33.9 Å². The van der Waals surface area contributed by atoms with Crippen LogP contribution in [0.1, 0.15) is 36.6 Å². The van der Waals surface area contributed by atoms with Crippen LogP contribution in [0, 0.1) is 23.3 Å². The van der Waals surface area contributed by atoms with Crippen molar-refractivity contribution in [2.45, 2.75) is 19.8 Å². The second-order valence-corrected chi connectivity index (χ2v) is 10.0. The third-order valence-corrected chi connectivity index (χ3v) is 7.30. The highest BCUT2D eigenvalue weighted by molar-refractivity contribution is 5.87. The third-order valence-electron chi connectivity index (χ3n) is 7.30. The van der Waals surface area contributed by atoms with Crippen LogP contribution >= 0.6 is 0 Å². The lowest BCUT2D eigenvalue weighted by molar-refractivity contribution is -0.137. The molecular weight excluding hydrogens is 574 g/mol. The van der Waals surface area contributed by atoms with E-state index < -0.39 is 40.9 Å². The monoisotopic (exact) mass is 599 g/mol. The molecule has 10 heteroatoms. The molecule has 1 N–H and O–H groups in total. The Hall–Kier alpha value is -5.38. The SMILES string of the molecule is CCOC(=O)/C=C/c1cccc(C(C)c2nc(-c3cc(Oc4c(F)cc5[nH]ccc5c4F)ccc3F)n3ccccc23)c1F. The third kappa shape index (κ3) is 5.19. The molecule has 0 saturated carbocycles. The molecule has 0 radical (unpaired) electrons. The molecule has 44 heavy (non-hydrogen) atoms. The van der Waals surface area contributed by atoms with E-state index in [0.29, 0.717) is 16.8 Å². The Labute approximate surface area is 249 Å². The van der Waals surface area contributed by atoms with E-state index >= 15 is 13.2 Å². The molecule has 1 unspecified atom stereocenters. The Bertz CT molecular complexity index is 2060. The van der Waals surface area contributed by atoms with Gasteiger partial charge in [0.05, 0.1) is 28.9 Å². The number of halogens is 4. The predicted octanol–water partition coefficient (Wildman–Crippen LogP) is 8.56. The molecular formula is C34H25F4N3O3. The van der Waals surface area contributed by atoms with Crippen molar-refractivity contribution in [2.75, 3.05) is 6.61 Å². The van der Waals surface area contributed by atoms with Crippen LogP contribution in [-0.2, 0) is 9.53 Å². The summed E-state index contributed by atoms with van der Waals surface area (Å²) in [5, 5.41) is 0.147. The molecule has 0 spiro atoms. The molecule has 1 atom stereocenters. The van der Waals surface area contributed by atoms with Crippen molar-refractivity contribution in [3.8, 4) is 22.9 Å². The number of esters is 1. The molecule has 0 aliphatic heterocycles. The average Bonchev–Trinajstić information content (AvgIpc) is 3.64. The number of carbonyl (C=O) groups excluding carboxylic acids is 1. The van der Waals surface area contributed by atoms with Crippen LogP contribution in [0.3, 0.4) is 0 Å². The highest BCUT2D eigenvalue weighted by Crippen LogP contribution is 2.37. The Morgan fingerprint density at radius 3 is 2.66 bits per heavy atom. The molecule has 6 aromatic rings. The summed E-state index contributed by atoms with van der Waals surface area (Å²) in [6.45, 7) is 3.65. The van der Waals surface area contributed by atoms with Gasteiger partial charge >= 0.3 is 5.97 Å². The van der Waals surface area contributed by atoms with Crippen molar-refractivity contribution in [1.29, 1.82) is 0 Å². The molecule has 6 nitrogen and oxygen atoms in total. The summed E-state index contributed by atoms with van der Waals surface area (Å²) < 4.78 is 73.0. The number of rotatable bonds is 8. The van der Waals surface area contributed by atoms with E-state index in [-0.39, 0.29) is 40.2 Å². The van der Waals surface area contributed by atoms with Crippen LogP contribution in [0.2, 0.25) is 0 Å². The lowest BCUT2D eigenvalue weighted by Gasteiger charge is -2.13.